The van der Waals surface area contributed by atoms with E-state index in [0.29, 0.717) is 33.7 Å². The summed E-state index contributed by atoms with van der Waals surface area (Å²) in [4.78, 5) is 19.5. The molecule has 0 saturated heterocycles. The molecule has 0 radical (unpaired) electrons. The van der Waals surface area contributed by atoms with Crippen LogP contribution in [0, 0.1) is 5.82 Å². The quantitative estimate of drug-likeness (QED) is 0.411. The summed E-state index contributed by atoms with van der Waals surface area (Å²) in [7, 11) is -3.88. The number of nitrogens with one attached hydrogen (secondary N) is 2. The van der Waals surface area contributed by atoms with E-state index in [0.717, 1.165) is 0 Å². The molecule has 9 heteroatoms. The zero-order valence-electron chi connectivity index (χ0n) is 17.3. The van der Waals surface area contributed by atoms with Gasteiger partial charge in [0.05, 0.1) is 27.6 Å². The molecule has 4 rings (SSSR count). The van der Waals surface area contributed by atoms with Gasteiger partial charge in [-0.25, -0.2) is 22.6 Å². The van der Waals surface area contributed by atoms with Gasteiger partial charge in [0, 0.05) is 11.3 Å². The Hall–Kier alpha value is -3.72. The molecule has 1 aromatic heterocycles. The minimum atomic E-state index is -3.88. The Morgan fingerprint density at radius 2 is 1.72 bits per heavy atom. The number of H-pyrrole nitrogens is 1. The number of nitrogens with zero attached hydrogens (tertiary/aromatic N) is 1. The van der Waals surface area contributed by atoms with Crippen molar-refractivity contribution < 1.29 is 22.3 Å². The third-order valence-electron chi connectivity index (χ3n) is 4.60. The molecule has 0 aliphatic rings. The molecule has 0 aliphatic carbocycles. The highest BCUT2D eigenvalue weighted by Gasteiger charge is 2.17. The van der Waals surface area contributed by atoms with Crippen molar-refractivity contribution in [2.24, 2.45) is 0 Å². The van der Waals surface area contributed by atoms with Gasteiger partial charge in [0.25, 0.3) is 10.0 Å². The van der Waals surface area contributed by atoms with Crippen molar-refractivity contribution in [3.05, 3.63) is 78.1 Å². The number of aromatic amines is 1. The molecule has 2 N–H and O–H groups in total. The maximum Gasteiger partial charge on any atom is 0.338 e. The van der Waals surface area contributed by atoms with Crippen molar-refractivity contribution in [1.29, 1.82) is 0 Å². The predicted molar refractivity (Wildman–Crippen MR) is 119 cm³/mol. The summed E-state index contributed by atoms with van der Waals surface area (Å²) in [6, 6.07) is 16.3. The molecule has 0 saturated carbocycles. The van der Waals surface area contributed by atoms with Gasteiger partial charge in [0.2, 0.25) is 0 Å². The number of halogens is 1. The van der Waals surface area contributed by atoms with Crippen LogP contribution in [0.2, 0.25) is 0 Å². The maximum absolute atomic E-state index is 13.2. The summed E-state index contributed by atoms with van der Waals surface area (Å²) in [5, 5.41) is 0. The van der Waals surface area contributed by atoms with Crippen molar-refractivity contribution in [3.63, 3.8) is 0 Å². The lowest BCUT2D eigenvalue weighted by molar-refractivity contribution is 0.0378. The summed E-state index contributed by atoms with van der Waals surface area (Å²) in [6.07, 6.45) is -0.248. The molecule has 0 fully saturated rings. The largest absolute Gasteiger partial charge is 0.459 e. The van der Waals surface area contributed by atoms with Crippen molar-refractivity contribution in [1.82, 2.24) is 9.97 Å². The number of benzene rings is 3. The first kappa shape index (κ1) is 21.5. The molecule has 0 unspecified atom stereocenters. The number of imidazole rings is 1. The number of esters is 1. The van der Waals surface area contributed by atoms with Crippen LogP contribution in [-0.2, 0) is 14.8 Å². The van der Waals surface area contributed by atoms with Gasteiger partial charge >= 0.3 is 5.97 Å². The molecular formula is C23H20FN3O4S. The van der Waals surface area contributed by atoms with Crippen LogP contribution < -0.4 is 4.72 Å². The first-order chi connectivity index (χ1) is 15.2. The smallest absolute Gasteiger partial charge is 0.338 e. The van der Waals surface area contributed by atoms with Crippen molar-refractivity contribution in [3.8, 4) is 11.4 Å². The summed E-state index contributed by atoms with van der Waals surface area (Å²) in [5.74, 6) is -0.323. The molecule has 1 heterocycles. The number of fused-ring (bicyclic) bond motifs is 1. The molecule has 0 bridgehead atoms. The number of anilines is 1. The van der Waals surface area contributed by atoms with E-state index >= 15 is 0 Å². The number of hydrogen-bond donors (Lipinski definition) is 2. The lowest BCUT2D eigenvalue weighted by atomic mass is 10.2. The standard InChI is InChI=1S/C23H20FN3O4S/c1-14(2)31-23(28)16-5-9-18(10-6-16)27-32(29,30)19-11-12-20-21(13-19)26-22(25-20)15-3-7-17(24)8-4-15/h3-14,27H,1-2H3,(H,25,26). The molecule has 0 aliphatic heterocycles. The molecule has 0 atom stereocenters. The van der Waals surface area contributed by atoms with Gasteiger partial charge in [0.15, 0.2) is 0 Å². The highest BCUT2D eigenvalue weighted by molar-refractivity contribution is 7.92. The highest BCUT2D eigenvalue weighted by Crippen LogP contribution is 2.24. The van der Waals surface area contributed by atoms with E-state index in [9.17, 15) is 17.6 Å². The van der Waals surface area contributed by atoms with Gasteiger partial charge in [0.1, 0.15) is 11.6 Å². The van der Waals surface area contributed by atoms with Gasteiger partial charge < -0.3 is 9.72 Å². The second-order valence-electron chi connectivity index (χ2n) is 7.41. The molecule has 164 valence electrons. The van der Waals surface area contributed by atoms with E-state index in [-0.39, 0.29) is 16.8 Å². The lowest BCUT2D eigenvalue weighted by Gasteiger charge is -2.10. The third-order valence-corrected chi connectivity index (χ3v) is 5.98. The average molecular weight is 453 g/mol. The Kier molecular flexibility index (Phi) is 5.67. The Bertz CT molecular complexity index is 1380. The first-order valence-electron chi connectivity index (χ1n) is 9.81. The highest BCUT2D eigenvalue weighted by atomic mass is 32.2. The summed E-state index contributed by atoms with van der Waals surface area (Å²) < 4.78 is 46.5. The number of sulfonamides is 1. The number of ether oxygens (including phenoxy) is 1. The lowest BCUT2D eigenvalue weighted by Crippen LogP contribution is -2.14. The van der Waals surface area contributed by atoms with E-state index in [1.54, 1.807) is 32.0 Å². The van der Waals surface area contributed by atoms with Crippen molar-refractivity contribution >= 4 is 32.7 Å². The van der Waals surface area contributed by atoms with Gasteiger partial charge in [-0.15, -0.1) is 0 Å². The second-order valence-corrected chi connectivity index (χ2v) is 9.09. The van der Waals surface area contributed by atoms with Crippen LogP contribution in [0.3, 0.4) is 0 Å². The van der Waals surface area contributed by atoms with Crippen LogP contribution in [-0.4, -0.2) is 30.5 Å². The summed E-state index contributed by atoms with van der Waals surface area (Å²) >= 11 is 0. The van der Waals surface area contributed by atoms with Crippen LogP contribution in [0.25, 0.3) is 22.4 Å². The van der Waals surface area contributed by atoms with Gasteiger partial charge in [-0.1, -0.05) is 0 Å². The summed E-state index contributed by atoms with van der Waals surface area (Å²) in [5.41, 5.74) is 2.42. The topological polar surface area (TPSA) is 101 Å². The molecule has 3 aromatic carbocycles. The Morgan fingerprint density at radius 3 is 2.38 bits per heavy atom. The van der Waals surface area contributed by atoms with Crippen LogP contribution in [0.1, 0.15) is 24.2 Å². The zero-order chi connectivity index (χ0) is 22.9. The van der Waals surface area contributed by atoms with Gasteiger partial charge in [-0.05, 0) is 80.6 Å². The van der Waals surface area contributed by atoms with E-state index in [4.69, 9.17) is 4.74 Å². The molecule has 0 amide bonds. The van der Waals surface area contributed by atoms with Crippen LogP contribution in [0.4, 0.5) is 10.1 Å². The van der Waals surface area contributed by atoms with Crippen LogP contribution in [0.15, 0.2) is 71.6 Å². The zero-order valence-corrected chi connectivity index (χ0v) is 18.1. The molecule has 0 spiro atoms. The molecular weight excluding hydrogens is 433 g/mol. The number of hydrogen-bond acceptors (Lipinski definition) is 5. The Balaban J connectivity index is 1.56. The number of carbonyl (C=O) groups excluding carboxylic acids is 1. The maximum atomic E-state index is 13.2. The molecule has 32 heavy (non-hydrogen) atoms. The fourth-order valence-corrected chi connectivity index (χ4v) is 4.16. The average Bonchev–Trinajstić information content (AvgIpc) is 3.17. The minimum absolute atomic E-state index is 0.0441. The van der Waals surface area contributed by atoms with E-state index < -0.39 is 16.0 Å². The van der Waals surface area contributed by atoms with Crippen LogP contribution in [0.5, 0.6) is 0 Å². The summed E-state index contributed by atoms with van der Waals surface area (Å²) in [6.45, 7) is 3.50. The molecule has 4 aromatic rings. The third kappa shape index (κ3) is 4.62. The fourth-order valence-electron chi connectivity index (χ4n) is 3.07. The monoisotopic (exact) mass is 453 g/mol. The SMILES string of the molecule is CC(C)OC(=O)c1ccc(NS(=O)(=O)c2ccc3nc(-c4ccc(F)cc4)[nH]c3c2)cc1. The number of carbonyl (C=O) groups is 1. The van der Waals surface area contributed by atoms with Crippen LogP contribution >= 0.6 is 0 Å². The van der Waals surface area contributed by atoms with Crippen molar-refractivity contribution in [2.45, 2.75) is 24.8 Å². The van der Waals surface area contributed by atoms with E-state index in [2.05, 4.69) is 14.7 Å². The van der Waals surface area contributed by atoms with Crippen molar-refractivity contribution in [2.75, 3.05) is 4.72 Å². The van der Waals surface area contributed by atoms with E-state index in [1.807, 2.05) is 0 Å². The van der Waals surface area contributed by atoms with Gasteiger partial charge in [-0.2, -0.15) is 0 Å². The number of rotatable bonds is 6. The Labute approximate surface area is 184 Å². The Morgan fingerprint density at radius 1 is 1.03 bits per heavy atom. The van der Waals surface area contributed by atoms with Gasteiger partial charge in [-0.3, -0.25) is 4.72 Å². The first-order valence-corrected chi connectivity index (χ1v) is 11.3. The second kappa shape index (κ2) is 8.43. The normalized spacial score (nSPS) is 11.6. The minimum Gasteiger partial charge on any atom is -0.459 e. The molecule has 7 nitrogen and oxygen atoms in total. The number of aromatic nitrogens is 2. The predicted octanol–water partition coefficient (Wildman–Crippen LogP) is 4.74. The van der Waals surface area contributed by atoms with E-state index in [1.165, 1.54) is 48.5 Å². The fraction of sp³-hybridized carbons (Fsp3) is 0.130.